The Kier molecular flexibility index (Phi) is 5.59. The second-order valence-corrected chi connectivity index (χ2v) is 6.69. The highest BCUT2D eigenvalue weighted by Crippen LogP contribution is 2.29. The van der Waals surface area contributed by atoms with Crippen LogP contribution in [-0.2, 0) is 20.8 Å². The molecule has 1 aliphatic heterocycles. The maximum atomic E-state index is 12.1. The summed E-state index contributed by atoms with van der Waals surface area (Å²) in [5.74, 6) is -1.30. The second kappa shape index (κ2) is 7.47. The largest absolute Gasteiger partial charge is 0.481 e. The van der Waals surface area contributed by atoms with Gasteiger partial charge in [0.05, 0.1) is 12.0 Å². The molecule has 1 saturated heterocycles. The van der Waals surface area contributed by atoms with E-state index in [2.05, 4.69) is 5.32 Å². The lowest BCUT2D eigenvalue weighted by molar-refractivity contribution is -0.147. The van der Waals surface area contributed by atoms with E-state index in [4.69, 9.17) is 0 Å². The van der Waals surface area contributed by atoms with Gasteiger partial charge in [0.25, 0.3) is 0 Å². The molecule has 1 aromatic rings. The fourth-order valence-electron chi connectivity index (χ4n) is 2.74. The van der Waals surface area contributed by atoms with Crippen LogP contribution < -0.4 is 5.32 Å². The molecule has 0 spiro atoms. The normalized spacial score (nSPS) is 20.0. The van der Waals surface area contributed by atoms with E-state index < -0.39 is 11.4 Å². The van der Waals surface area contributed by atoms with Gasteiger partial charge in [-0.15, -0.1) is 0 Å². The van der Waals surface area contributed by atoms with E-state index in [1.54, 1.807) is 6.92 Å². The number of amides is 2. The standard InChI is InChI=1S/C18H24N2O4/c1-13-3-5-14(6-4-13)7-8-15(21)19-11-16(22)20-10-9-18(2,12-20)17(23)24/h3-6H,7-12H2,1-2H3,(H,19,21)(H,23,24). The van der Waals surface area contributed by atoms with Crippen molar-refractivity contribution in [2.24, 2.45) is 5.41 Å². The number of carbonyl (C=O) groups is 3. The summed E-state index contributed by atoms with van der Waals surface area (Å²) in [7, 11) is 0. The van der Waals surface area contributed by atoms with Crippen LogP contribution in [0, 0.1) is 12.3 Å². The highest BCUT2D eigenvalue weighted by atomic mass is 16.4. The molecule has 2 N–H and O–H groups in total. The van der Waals surface area contributed by atoms with Crippen LogP contribution >= 0.6 is 0 Å². The average molecular weight is 332 g/mol. The summed E-state index contributed by atoms with van der Waals surface area (Å²) in [6.07, 6.45) is 1.39. The Morgan fingerprint density at radius 1 is 1.25 bits per heavy atom. The number of nitrogens with one attached hydrogen (secondary N) is 1. The quantitative estimate of drug-likeness (QED) is 0.824. The first kappa shape index (κ1) is 18.0. The monoisotopic (exact) mass is 332 g/mol. The van der Waals surface area contributed by atoms with E-state index in [-0.39, 0.29) is 24.9 Å². The topological polar surface area (TPSA) is 86.7 Å². The first-order chi connectivity index (χ1) is 11.3. The summed E-state index contributed by atoms with van der Waals surface area (Å²) < 4.78 is 0. The van der Waals surface area contributed by atoms with Gasteiger partial charge in [-0.25, -0.2) is 0 Å². The fourth-order valence-corrected chi connectivity index (χ4v) is 2.74. The molecule has 1 unspecified atom stereocenters. The molecule has 1 atom stereocenters. The predicted octanol–water partition coefficient (Wildman–Crippen LogP) is 1.37. The summed E-state index contributed by atoms with van der Waals surface area (Å²) in [5, 5.41) is 11.8. The number of hydrogen-bond donors (Lipinski definition) is 2. The molecule has 24 heavy (non-hydrogen) atoms. The van der Waals surface area contributed by atoms with E-state index in [1.165, 1.54) is 10.5 Å². The van der Waals surface area contributed by atoms with Crippen molar-refractivity contribution in [3.05, 3.63) is 35.4 Å². The third kappa shape index (κ3) is 4.57. The number of aliphatic carboxylic acids is 1. The minimum atomic E-state index is -0.889. The molecule has 0 radical (unpaired) electrons. The molecule has 0 bridgehead atoms. The fraction of sp³-hybridized carbons (Fsp3) is 0.500. The smallest absolute Gasteiger partial charge is 0.311 e. The van der Waals surface area contributed by atoms with Crippen molar-refractivity contribution in [1.82, 2.24) is 10.2 Å². The van der Waals surface area contributed by atoms with Crippen LogP contribution in [0.25, 0.3) is 0 Å². The molecule has 0 aliphatic carbocycles. The molecular formula is C18H24N2O4. The van der Waals surface area contributed by atoms with Crippen molar-refractivity contribution in [1.29, 1.82) is 0 Å². The van der Waals surface area contributed by atoms with Gasteiger partial charge < -0.3 is 15.3 Å². The maximum Gasteiger partial charge on any atom is 0.311 e. The van der Waals surface area contributed by atoms with Crippen LogP contribution in [-0.4, -0.2) is 47.4 Å². The summed E-state index contributed by atoms with van der Waals surface area (Å²) in [6, 6.07) is 7.99. The van der Waals surface area contributed by atoms with Crippen LogP contribution in [0.3, 0.4) is 0 Å². The van der Waals surface area contributed by atoms with E-state index in [9.17, 15) is 19.5 Å². The molecule has 130 valence electrons. The van der Waals surface area contributed by atoms with Crippen molar-refractivity contribution in [3.63, 3.8) is 0 Å². The Bertz CT molecular complexity index is 626. The summed E-state index contributed by atoms with van der Waals surface area (Å²) in [5.41, 5.74) is 1.37. The molecule has 1 heterocycles. The zero-order valence-electron chi connectivity index (χ0n) is 14.2. The minimum Gasteiger partial charge on any atom is -0.481 e. The zero-order chi connectivity index (χ0) is 17.7. The van der Waals surface area contributed by atoms with Gasteiger partial charge in [0, 0.05) is 19.5 Å². The summed E-state index contributed by atoms with van der Waals surface area (Å²) >= 11 is 0. The molecule has 1 fully saturated rings. The second-order valence-electron chi connectivity index (χ2n) is 6.69. The molecule has 1 aliphatic rings. The van der Waals surface area contributed by atoms with Crippen molar-refractivity contribution in [2.75, 3.05) is 19.6 Å². The molecule has 2 rings (SSSR count). The van der Waals surface area contributed by atoms with Gasteiger partial charge in [0.2, 0.25) is 11.8 Å². The van der Waals surface area contributed by atoms with Gasteiger partial charge in [-0.1, -0.05) is 29.8 Å². The molecule has 6 heteroatoms. The molecule has 2 amide bonds. The van der Waals surface area contributed by atoms with Gasteiger partial charge >= 0.3 is 5.97 Å². The average Bonchev–Trinajstić information content (AvgIpc) is 2.96. The van der Waals surface area contributed by atoms with Crippen molar-refractivity contribution < 1.29 is 19.5 Å². The van der Waals surface area contributed by atoms with E-state index in [0.717, 1.165) is 5.56 Å². The van der Waals surface area contributed by atoms with E-state index in [1.807, 2.05) is 31.2 Å². The van der Waals surface area contributed by atoms with Crippen molar-refractivity contribution in [3.8, 4) is 0 Å². The van der Waals surface area contributed by atoms with Crippen molar-refractivity contribution in [2.45, 2.75) is 33.1 Å². The van der Waals surface area contributed by atoms with Crippen LogP contribution in [0.1, 0.15) is 30.9 Å². The number of rotatable bonds is 6. The highest BCUT2D eigenvalue weighted by Gasteiger charge is 2.41. The van der Waals surface area contributed by atoms with Crippen LogP contribution in [0.2, 0.25) is 0 Å². The lowest BCUT2D eigenvalue weighted by atomic mass is 9.90. The van der Waals surface area contributed by atoms with Gasteiger partial charge in [0.1, 0.15) is 0 Å². The Labute approximate surface area is 141 Å². The van der Waals surface area contributed by atoms with E-state index in [0.29, 0.717) is 25.8 Å². The Morgan fingerprint density at radius 2 is 1.92 bits per heavy atom. The molecule has 6 nitrogen and oxygen atoms in total. The lowest BCUT2D eigenvalue weighted by Crippen LogP contribution is -2.41. The van der Waals surface area contributed by atoms with Crippen molar-refractivity contribution >= 4 is 17.8 Å². The number of aryl methyl sites for hydroxylation is 2. The summed E-state index contributed by atoms with van der Waals surface area (Å²) in [6.45, 7) is 4.18. The number of carbonyl (C=O) groups excluding carboxylic acids is 2. The number of carboxylic acid groups (broad SMARTS) is 1. The van der Waals surface area contributed by atoms with Crippen LogP contribution in [0.5, 0.6) is 0 Å². The number of carboxylic acids is 1. The molecule has 0 aromatic heterocycles. The Balaban J connectivity index is 1.73. The number of hydrogen-bond acceptors (Lipinski definition) is 3. The molecule has 0 saturated carbocycles. The zero-order valence-corrected chi connectivity index (χ0v) is 14.2. The van der Waals surface area contributed by atoms with Gasteiger partial charge in [-0.05, 0) is 32.3 Å². The number of nitrogens with zero attached hydrogens (tertiary/aromatic N) is 1. The first-order valence-electron chi connectivity index (χ1n) is 8.13. The lowest BCUT2D eigenvalue weighted by Gasteiger charge is -2.20. The van der Waals surface area contributed by atoms with Gasteiger partial charge in [-0.2, -0.15) is 0 Å². The Hall–Kier alpha value is -2.37. The molecule has 1 aromatic carbocycles. The minimum absolute atomic E-state index is 0.0809. The SMILES string of the molecule is Cc1ccc(CCC(=O)NCC(=O)N2CCC(C)(C(=O)O)C2)cc1. The number of benzene rings is 1. The summed E-state index contributed by atoms with van der Waals surface area (Å²) in [4.78, 5) is 36.7. The first-order valence-corrected chi connectivity index (χ1v) is 8.13. The Morgan fingerprint density at radius 3 is 2.50 bits per heavy atom. The van der Waals surface area contributed by atoms with Crippen LogP contribution in [0.4, 0.5) is 0 Å². The number of likely N-dealkylation sites (tertiary alicyclic amines) is 1. The maximum absolute atomic E-state index is 12.1. The van der Waals surface area contributed by atoms with Gasteiger partial charge in [-0.3, -0.25) is 14.4 Å². The van der Waals surface area contributed by atoms with Gasteiger partial charge in [0.15, 0.2) is 0 Å². The van der Waals surface area contributed by atoms with Crippen LogP contribution in [0.15, 0.2) is 24.3 Å². The molecular weight excluding hydrogens is 308 g/mol. The predicted molar refractivity (Wildman–Crippen MR) is 89.4 cm³/mol. The third-order valence-electron chi connectivity index (χ3n) is 4.54. The third-order valence-corrected chi connectivity index (χ3v) is 4.54. The van der Waals surface area contributed by atoms with E-state index >= 15 is 0 Å². The highest BCUT2D eigenvalue weighted by molar-refractivity contribution is 5.86.